The van der Waals surface area contributed by atoms with E-state index in [1.807, 2.05) is 78.9 Å². The second-order valence-electron chi connectivity index (χ2n) is 8.86. The number of ether oxygens (including phenoxy) is 3. The van der Waals surface area contributed by atoms with Crippen molar-refractivity contribution >= 4 is 0 Å². The van der Waals surface area contributed by atoms with E-state index in [1.165, 1.54) is 12.8 Å². The topological polar surface area (TPSA) is 57.9 Å². The van der Waals surface area contributed by atoms with Gasteiger partial charge < -0.3 is 14.2 Å². The fourth-order valence-electron chi connectivity index (χ4n) is 4.62. The van der Waals surface area contributed by atoms with Gasteiger partial charge in [-0.25, -0.2) is 4.79 Å². The highest BCUT2D eigenvalue weighted by molar-refractivity contribution is 5.41. The van der Waals surface area contributed by atoms with Crippen LogP contribution in [0.25, 0.3) is 11.4 Å². The largest absolute Gasteiger partial charge is 0.492 e. The van der Waals surface area contributed by atoms with Crippen LogP contribution in [0.15, 0.2) is 96.1 Å². The van der Waals surface area contributed by atoms with Crippen LogP contribution in [-0.4, -0.2) is 53.5 Å². The van der Waals surface area contributed by atoms with Crippen LogP contribution in [0.1, 0.15) is 12.8 Å². The van der Waals surface area contributed by atoms with Crippen molar-refractivity contribution < 1.29 is 14.2 Å². The third-order valence-corrected chi connectivity index (χ3v) is 6.49. The van der Waals surface area contributed by atoms with Gasteiger partial charge >= 0.3 is 5.69 Å². The van der Waals surface area contributed by atoms with E-state index in [-0.39, 0.29) is 5.69 Å². The lowest BCUT2D eigenvalue weighted by atomic mass is 10.2. The molecular formula is C29H31N3O4. The van der Waals surface area contributed by atoms with Crippen LogP contribution in [0.5, 0.6) is 17.2 Å². The summed E-state index contributed by atoms with van der Waals surface area (Å²) in [5, 5.41) is 0. The number of methoxy groups -OCH3 is 1. The predicted octanol–water partition coefficient (Wildman–Crippen LogP) is 4.91. The van der Waals surface area contributed by atoms with Crippen molar-refractivity contribution in [3.63, 3.8) is 0 Å². The number of hydrogen-bond acceptors (Lipinski definition) is 5. The highest BCUT2D eigenvalue weighted by Crippen LogP contribution is 2.22. The molecule has 0 N–H and O–H groups in total. The molecule has 0 unspecified atom stereocenters. The van der Waals surface area contributed by atoms with Gasteiger partial charge in [0.05, 0.1) is 18.0 Å². The SMILES string of the molecule is COC[C@H]1CCCN1CCOc1ccc(-n2ccn(-c3ccc(Oc4ccccc4)cc3)c2=O)cc1. The molecule has 5 rings (SSSR count). The van der Waals surface area contributed by atoms with Crippen molar-refractivity contribution in [1.29, 1.82) is 0 Å². The van der Waals surface area contributed by atoms with E-state index in [4.69, 9.17) is 14.2 Å². The molecule has 0 saturated carbocycles. The average molecular weight is 486 g/mol. The molecule has 4 aromatic rings. The van der Waals surface area contributed by atoms with Gasteiger partial charge in [-0.05, 0) is 80.1 Å². The Balaban J connectivity index is 1.20. The number of para-hydroxylation sites is 1. The minimum absolute atomic E-state index is 0.140. The van der Waals surface area contributed by atoms with E-state index >= 15 is 0 Å². The lowest BCUT2D eigenvalue weighted by Gasteiger charge is -2.23. The fourth-order valence-corrected chi connectivity index (χ4v) is 4.62. The first-order valence-corrected chi connectivity index (χ1v) is 12.3. The molecule has 0 radical (unpaired) electrons. The Morgan fingerprint density at radius 3 is 2.06 bits per heavy atom. The van der Waals surface area contributed by atoms with Crippen LogP contribution < -0.4 is 15.2 Å². The lowest BCUT2D eigenvalue weighted by molar-refractivity contribution is 0.105. The third-order valence-electron chi connectivity index (χ3n) is 6.49. The van der Waals surface area contributed by atoms with Crippen molar-refractivity contribution in [3.8, 4) is 28.6 Å². The molecular weight excluding hydrogens is 454 g/mol. The molecule has 1 fully saturated rings. The molecule has 1 atom stereocenters. The summed E-state index contributed by atoms with van der Waals surface area (Å²) in [7, 11) is 1.76. The molecule has 1 saturated heterocycles. The number of aromatic nitrogens is 2. The van der Waals surface area contributed by atoms with Crippen molar-refractivity contribution in [2.24, 2.45) is 0 Å². The van der Waals surface area contributed by atoms with Gasteiger partial charge in [-0.15, -0.1) is 0 Å². The van der Waals surface area contributed by atoms with Crippen molar-refractivity contribution in [2.45, 2.75) is 18.9 Å². The van der Waals surface area contributed by atoms with E-state index in [1.54, 1.807) is 28.6 Å². The second kappa shape index (κ2) is 11.3. The summed E-state index contributed by atoms with van der Waals surface area (Å²) in [6.07, 6.45) is 5.94. The van der Waals surface area contributed by atoms with Gasteiger partial charge in [-0.1, -0.05) is 18.2 Å². The van der Waals surface area contributed by atoms with E-state index in [0.717, 1.165) is 42.6 Å². The van der Waals surface area contributed by atoms with Gasteiger partial charge in [0.1, 0.15) is 23.9 Å². The molecule has 2 heterocycles. The Morgan fingerprint density at radius 1 is 0.806 bits per heavy atom. The van der Waals surface area contributed by atoms with Gasteiger partial charge in [-0.2, -0.15) is 0 Å². The molecule has 0 aliphatic carbocycles. The Hall–Kier alpha value is -3.81. The van der Waals surface area contributed by atoms with Crippen LogP contribution >= 0.6 is 0 Å². The van der Waals surface area contributed by atoms with Crippen molar-refractivity contribution in [1.82, 2.24) is 14.0 Å². The molecule has 1 aromatic heterocycles. The fraction of sp³-hybridized carbons (Fsp3) is 0.276. The first-order chi connectivity index (χ1) is 17.7. The van der Waals surface area contributed by atoms with Crippen LogP contribution in [0, 0.1) is 0 Å². The van der Waals surface area contributed by atoms with Crippen LogP contribution in [-0.2, 0) is 4.74 Å². The zero-order valence-corrected chi connectivity index (χ0v) is 20.5. The maximum Gasteiger partial charge on any atom is 0.337 e. The molecule has 186 valence electrons. The van der Waals surface area contributed by atoms with Gasteiger partial charge in [0.15, 0.2) is 0 Å². The maximum absolute atomic E-state index is 13.1. The molecule has 0 amide bonds. The predicted molar refractivity (Wildman–Crippen MR) is 140 cm³/mol. The van der Waals surface area contributed by atoms with E-state index in [0.29, 0.717) is 18.4 Å². The Kier molecular flexibility index (Phi) is 7.50. The number of nitrogens with zero attached hydrogens (tertiary/aromatic N) is 3. The summed E-state index contributed by atoms with van der Waals surface area (Å²) in [6.45, 7) is 3.38. The second-order valence-corrected chi connectivity index (χ2v) is 8.86. The Bertz CT molecular complexity index is 1300. The van der Waals surface area contributed by atoms with Crippen molar-refractivity contribution in [2.75, 3.05) is 33.4 Å². The monoisotopic (exact) mass is 485 g/mol. The highest BCUT2D eigenvalue weighted by atomic mass is 16.5. The van der Waals surface area contributed by atoms with Crippen LogP contribution in [0.2, 0.25) is 0 Å². The Labute approximate surface area is 211 Å². The van der Waals surface area contributed by atoms with Crippen LogP contribution in [0.3, 0.4) is 0 Å². The minimum atomic E-state index is -0.140. The molecule has 7 nitrogen and oxygen atoms in total. The molecule has 1 aliphatic rings. The first-order valence-electron chi connectivity index (χ1n) is 12.3. The molecule has 3 aromatic carbocycles. The lowest BCUT2D eigenvalue weighted by Crippen LogP contribution is -2.35. The van der Waals surface area contributed by atoms with E-state index < -0.39 is 0 Å². The standard InChI is InChI=1S/C29H31N3O4/c1-34-22-25-6-5-17-30(25)20-21-35-26-13-9-23(10-14-26)31-18-19-32(29(31)33)24-11-15-28(16-12-24)36-27-7-3-2-4-8-27/h2-4,7-16,18-19,25H,5-6,17,20-22H2,1H3/t25-/m1/s1. The molecule has 0 spiro atoms. The quantitative estimate of drug-likeness (QED) is 0.320. The molecule has 7 heteroatoms. The summed E-state index contributed by atoms with van der Waals surface area (Å²) in [6, 6.07) is 25.2. The zero-order chi connectivity index (χ0) is 24.7. The van der Waals surface area contributed by atoms with Gasteiger partial charge in [0, 0.05) is 32.1 Å². The highest BCUT2D eigenvalue weighted by Gasteiger charge is 2.23. The van der Waals surface area contributed by atoms with Gasteiger partial charge in [-0.3, -0.25) is 14.0 Å². The summed E-state index contributed by atoms with van der Waals surface area (Å²) in [5.41, 5.74) is 1.42. The zero-order valence-electron chi connectivity index (χ0n) is 20.5. The third kappa shape index (κ3) is 5.53. The summed E-state index contributed by atoms with van der Waals surface area (Å²) >= 11 is 0. The summed E-state index contributed by atoms with van der Waals surface area (Å²) in [5.74, 6) is 2.28. The van der Waals surface area contributed by atoms with Gasteiger partial charge in [0.25, 0.3) is 0 Å². The van der Waals surface area contributed by atoms with Crippen molar-refractivity contribution in [3.05, 3.63) is 102 Å². The summed E-state index contributed by atoms with van der Waals surface area (Å²) in [4.78, 5) is 15.5. The number of likely N-dealkylation sites (tertiary alicyclic amines) is 1. The maximum atomic E-state index is 13.1. The van der Waals surface area contributed by atoms with E-state index in [2.05, 4.69) is 4.90 Å². The normalized spacial score (nSPS) is 15.8. The van der Waals surface area contributed by atoms with Crippen LogP contribution in [0.4, 0.5) is 0 Å². The first kappa shape index (κ1) is 23.9. The molecule has 36 heavy (non-hydrogen) atoms. The van der Waals surface area contributed by atoms with E-state index in [9.17, 15) is 4.79 Å². The molecule has 1 aliphatic heterocycles. The number of hydrogen-bond donors (Lipinski definition) is 0. The molecule has 0 bridgehead atoms. The number of imidazole rings is 1. The summed E-state index contributed by atoms with van der Waals surface area (Å²) < 4.78 is 20.4. The van der Waals surface area contributed by atoms with Gasteiger partial charge in [0.2, 0.25) is 0 Å². The average Bonchev–Trinajstić information content (AvgIpc) is 3.52. The number of rotatable bonds is 10. The smallest absolute Gasteiger partial charge is 0.337 e. The number of benzene rings is 3. The Morgan fingerprint density at radius 2 is 1.42 bits per heavy atom. The minimum Gasteiger partial charge on any atom is -0.492 e.